The van der Waals surface area contributed by atoms with Crippen LogP contribution >= 0.6 is 11.8 Å². The number of aromatic nitrogens is 3. The molecule has 0 aliphatic heterocycles. The first kappa shape index (κ1) is 14.6. The van der Waals surface area contributed by atoms with Gasteiger partial charge in [-0.2, -0.15) is 0 Å². The van der Waals surface area contributed by atoms with Gasteiger partial charge in [0.1, 0.15) is 11.6 Å². The van der Waals surface area contributed by atoms with Gasteiger partial charge in [0.25, 0.3) is 0 Å². The van der Waals surface area contributed by atoms with E-state index in [-0.39, 0.29) is 0 Å². The monoisotopic (exact) mass is 289 g/mol. The Balaban J connectivity index is 2.12. The lowest BCUT2D eigenvalue weighted by Gasteiger charge is -2.10. The summed E-state index contributed by atoms with van der Waals surface area (Å²) in [5, 5.41) is 7.32. The second kappa shape index (κ2) is 7.09. The Labute approximate surface area is 123 Å². The minimum atomic E-state index is 0.727. The van der Waals surface area contributed by atoms with E-state index in [4.69, 9.17) is 0 Å². The van der Waals surface area contributed by atoms with Crippen LogP contribution in [0.15, 0.2) is 29.7 Å². The van der Waals surface area contributed by atoms with Gasteiger partial charge in [0, 0.05) is 31.5 Å². The molecule has 20 heavy (non-hydrogen) atoms. The summed E-state index contributed by atoms with van der Waals surface area (Å²) in [7, 11) is 0. The minimum Gasteiger partial charge on any atom is -0.370 e. The number of hydrogen-bond donors (Lipinski definition) is 2. The number of nitrogens with one attached hydrogen (secondary N) is 2. The normalized spacial score (nSPS) is 10.3. The molecule has 0 amide bonds. The lowest BCUT2D eigenvalue weighted by Crippen LogP contribution is -2.07. The SMILES string of the molecule is CCNc1cc(NCc2ccncc2C)nc(SC)n1. The maximum absolute atomic E-state index is 4.46. The zero-order chi connectivity index (χ0) is 14.4. The quantitative estimate of drug-likeness (QED) is 0.630. The Kier molecular flexibility index (Phi) is 5.17. The Bertz CT molecular complexity index is 573. The van der Waals surface area contributed by atoms with Gasteiger partial charge in [0.05, 0.1) is 0 Å². The molecule has 0 aromatic carbocycles. The van der Waals surface area contributed by atoms with Crippen molar-refractivity contribution in [1.82, 2.24) is 15.0 Å². The fourth-order valence-corrected chi connectivity index (χ4v) is 2.14. The summed E-state index contributed by atoms with van der Waals surface area (Å²) in [6, 6.07) is 3.95. The third kappa shape index (κ3) is 3.84. The third-order valence-corrected chi connectivity index (χ3v) is 3.39. The van der Waals surface area contributed by atoms with Crippen molar-refractivity contribution in [1.29, 1.82) is 0 Å². The molecule has 0 saturated carbocycles. The summed E-state index contributed by atoms with van der Waals surface area (Å²) in [4.78, 5) is 13.0. The van der Waals surface area contributed by atoms with Gasteiger partial charge < -0.3 is 10.6 Å². The number of pyridine rings is 1. The maximum atomic E-state index is 4.46. The Morgan fingerprint density at radius 1 is 1.20 bits per heavy atom. The van der Waals surface area contributed by atoms with Gasteiger partial charge in [-0.1, -0.05) is 11.8 Å². The van der Waals surface area contributed by atoms with Gasteiger partial charge in [-0.25, -0.2) is 9.97 Å². The molecule has 0 aliphatic carbocycles. The van der Waals surface area contributed by atoms with Crippen molar-refractivity contribution in [2.24, 2.45) is 0 Å². The number of anilines is 2. The molecule has 0 saturated heterocycles. The molecule has 2 N–H and O–H groups in total. The van der Waals surface area contributed by atoms with Crippen molar-refractivity contribution in [2.45, 2.75) is 25.5 Å². The van der Waals surface area contributed by atoms with Crippen molar-refractivity contribution in [3.8, 4) is 0 Å². The summed E-state index contributed by atoms with van der Waals surface area (Å²) in [6.07, 6.45) is 5.65. The standard InChI is InChI=1S/C14H19N5S/c1-4-16-12-7-13(19-14(18-12)20-3)17-9-11-5-6-15-8-10(11)2/h5-8H,4,9H2,1-3H3,(H2,16,17,18,19). The summed E-state index contributed by atoms with van der Waals surface area (Å²) in [6.45, 7) is 5.67. The Hall–Kier alpha value is -1.82. The lowest BCUT2D eigenvalue weighted by atomic mass is 10.1. The van der Waals surface area contributed by atoms with Crippen LogP contribution < -0.4 is 10.6 Å². The molecule has 2 heterocycles. The molecule has 6 heteroatoms. The first-order valence-electron chi connectivity index (χ1n) is 6.53. The Morgan fingerprint density at radius 2 is 1.95 bits per heavy atom. The molecule has 0 unspecified atom stereocenters. The molecule has 106 valence electrons. The van der Waals surface area contributed by atoms with Gasteiger partial charge in [-0.15, -0.1) is 0 Å². The number of hydrogen-bond acceptors (Lipinski definition) is 6. The zero-order valence-electron chi connectivity index (χ0n) is 12.0. The van der Waals surface area contributed by atoms with Crippen LogP contribution in [0.3, 0.4) is 0 Å². The summed E-state index contributed by atoms with van der Waals surface area (Å²) in [5.41, 5.74) is 2.39. The van der Waals surface area contributed by atoms with E-state index in [1.165, 1.54) is 22.9 Å². The molecule has 0 atom stereocenters. The van der Waals surface area contributed by atoms with Crippen molar-refractivity contribution < 1.29 is 0 Å². The topological polar surface area (TPSA) is 62.7 Å². The van der Waals surface area contributed by atoms with Crippen molar-refractivity contribution >= 4 is 23.4 Å². The molecular formula is C14H19N5S. The van der Waals surface area contributed by atoms with Gasteiger partial charge in [-0.05, 0) is 37.3 Å². The number of nitrogens with zero attached hydrogens (tertiary/aromatic N) is 3. The lowest BCUT2D eigenvalue weighted by molar-refractivity contribution is 0.947. The Morgan fingerprint density at radius 3 is 2.60 bits per heavy atom. The van der Waals surface area contributed by atoms with Crippen LogP contribution in [-0.2, 0) is 6.54 Å². The number of aryl methyl sites for hydroxylation is 1. The van der Waals surface area contributed by atoms with E-state index < -0.39 is 0 Å². The van der Waals surface area contributed by atoms with Crippen molar-refractivity contribution in [2.75, 3.05) is 23.4 Å². The number of rotatable bonds is 6. The van der Waals surface area contributed by atoms with E-state index in [1.54, 1.807) is 6.20 Å². The first-order valence-corrected chi connectivity index (χ1v) is 7.75. The van der Waals surface area contributed by atoms with Crippen LogP contribution in [0.4, 0.5) is 11.6 Å². The fourth-order valence-electron chi connectivity index (χ4n) is 1.76. The van der Waals surface area contributed by atoms with Crippen LogP contribution in [0, 0.1) is 6.92 Å². The highest BCUT2D eigenvalue weighted by atomic mass is 32.2. The van der Waals surface area contributed by atoms with Crippen LogP contribution in [-0.4, -0.2) is 27.8 Å². The first-order chi connectivity index (χ1) is 9.72. The molecular weight excluding hydrogens is 270 g/mol. The van der Waals surface area contributed by atoms with Gasteiger partial charge >= 0.3 is 0 Å². The summed E-state index contributed by atoms with van der Waals surface area (Å²) >= 11 is 1.54. The van der Waals surface area contributed by atoms with Crippen LogP contribution in [0.5, 0.6) is 0 Å². The molecule has 2 rings (SSSR count). The second-order valence-corrected chi connectivity index (χ2v) is 5.08. The molecule has 0 aliphatic rings. The second-order valence-electron chi connectivity index (χ2n) is 4.31. The van der Waals surface area contributed by atoms with Gasteiger partial charge in [-0.3, -0.25) is 4.98 Å². The smallest absolute Gasteiger partial charge is 0.191 e. The van der Waals surface area contributed by atoms with Crippen LogP contribution in [0.25, 0.3) is 0 Å². The molecule has 0 fully saturated rings. The van der Waals surface area contributed by atoms with E-state index in [0.29, 0.717) is 0 Å². The van der Waals surface area contributed by atoms with Gasteiger partial charge in [0.2, 0.25) is 0 Å². The molecule has 2 aromatic rings. The molecule has 5 nitrogen and oxygen atoms in total. The summed E-state index contributed by atoms with van der Waals surface area (Å²) < 4.78 is 0. The van der Waals surface area contributed by atoms with Crippen molar-refractivity contribution in [3.05, 3.63) is 35.7 Å². The third-order valence-electron chi connectivity index (χ3n) is 2.84. The molecule has 2 aromatic heterocycles. The average molecular weight is 289 g/mol. The number of thioether (sulfide) groups is 1. The minimum absolute atomic E-state index is 0.727. The van der Waals surface area contributed by atoms with Crippen LogP contribution in [0.2, 0.25) is 0 Å². The fraction of sp³-hybridized carbons (Fsp3) is 0.357. The highest BCUT2D eigenvalue weighted by Gasteiger charge is 2.04. The highest BCUT2D eigenvalue weighted by Crippen LogP contribution is 2.18. The molecule has 0 radical (unpaired) electrons. The predicted molar refractivity (Wildman–Crippen MR) is 84.3 cm³/mol. The van der Waals surface area contributed by atoms with E-state index >= 15 is 0 Å². The van der Waals surface area contributed by atoms with E-state index in [9.17, 15) is 0 Å². The van der Waals surface area contributed by atoms with E-state index in [0.717, 1.165) is 29.9 Å². The van der Waals surface area contributed by atoms with Gasteiger partial charge in [0.15, 0.2) is 5.16 Å². The predicted octanol–water partition coefficient (Wildman–Crippen LogP) is 2.95. The zero-order valence-corrected chi connectivity index (χ0v) is 12.8. The van der Waals surface area contributed by atoms with E-state index in [2.05, 4.69) is 32.5 Å². The van der Waals surface area contributed by atoms with Crippen molar-refractivity contribution in [3.63, 3.8) is 0 Å². The maximum Gasteiger partial charge on any atom is 0.191 e. The average Bonchev–Trinajstić information content (AvgIpc) is 2.46. The highest BCUT2D eigenvalue weighted by molar-refractivity contribution is 7.98. The van der Waals surface area contributed by atoms with E-state index in [1.807, 2.05) is 31.5 Å². The van der Waals surface area contributed by atoms with Crippen LogP contribution in [0.1, 0.15) is 18.1 Å². The largest absolute Gasteiger partial charge is 0.370 e. The molecule has 0 spiro atoms. The summed E-state index contributed by atoms with van der Waals surface area (Å²) in [5.74, 6) is 1.68. The molecule has 0 bridgehead atoms.